The van der Waals surface area contributed by atoms with Crippen LogP contribution < -0.4 is 0 Å². The molecule has 0 rings (SSSR count). The Morgan fingerprint density at radius 1 is 1.80 bits per heavy atom. The molecule has 10 heavy (non-hydrogen) atoms. The zero-order chi connectivity index (χ0) is 7.82. The van der Waals surface area contributed by atoms with Gasteiger partial charge in [0.15, 0.2) is 0 Å². The molecule has 0 bridgehead atoms. The van der Waals surface area contributed by atoms with Crippen LogP contribution in [0.15, 0.2) is 5.11 Å². The zero-order valence-corrected chi connectivity index (χ0v) is 6.71. The molecule has 5 heteroatoms. The third kappa shape index (κ3) is 5.75. The quantitative estimate of drug-likeness (QED) is 0.286. The monoisotopic (exact) mass is 161 g/mol. The molecule has 58 valence electrons. The molecule has 0 amide bonds. The van der Waals surface area contributed by atoms with Crippen LogP contribution in [-0.4, -0.2) is 29.3 Å². The Kier molecular flexibility index (Phi) is 6.48. The molecular weight excluding hydrogens is 150 g/mol. The lowest BCUT2D eigenvalue weighted by atomic mass is 10.5. The van der Waals surface area contributed by atoms with Crippen molar-refractivity contribution in [2.75, 3.05) is 18.9 Å². The number of hydrogen-bond donors (Lipinski definition) is 1. The second-order valence-electron chi connectivity index (χ2n) is 1.82. The summed E-state index contributed by atoms with van der Waals surface area (Å²) in [6.45, 7) is 2.62. The molecule has 0 aliphatic carbocycles. The molecule has 1 atom stereocenters. The minimum absolute atomic E-state index is 0.181. The maximum atomic E-state index is 8.57. The van der Waals surface area contributed by atoms with Crippen LogP contribution >= 0.6 is 11.8 Å². The minimum atomic E-state index is 0.181. The van der Waals surface area contributed by atoms with Gasteiger partial charge in [0, 0.05) is 16.7 Å². The number of nitrogens with zero attached hydrogens (tertiary/aromatic N) is 3. The third-order valence-electron chi connectivity index (χ3n) is 0.914. The molecule has 0 aliphatic rings. The number of aliphatic hydroxyl groups is 1. The average molecular weight is 161 g/mol. The Morgan fingerprint density at radius 3 is 3.00 bits per heavy atom. The lowest BCUT2D eigenvalue weighted by Crippen LogP contribution is -2.03. The molecule has 0 aromatic rings. The van der Waals surface area contributed by atoms with E-state index in [4.69, 9.17) is 10.6 Å². The number of thioether (sulfide) groups is 1. The van der Waals surface area contributed by atoms with E-state index in [1.165, 1.54) is 0 Å². The van der Waals surface area contributed by atoms with Gasteiger partial charge in [-0.25, -0.2) is 0 Å². The van der Waals surface area contributed by atoms with E-state index in [-0.39, 0.29) is 11.9 Å². The predicted molar refractivity (Wildman–Crippen MR) is 43.0 cm³/mol. The highest BCUT2D eigenvalue weighted by Gasteiger charge is 1.97. The van der Waals surface area contributed by atoms with Gasteiger partial charge in [-0.2, -0.15) is 11.8 Å². The first-order valence-corrected chi connectivity index (χ1v) is 4.09. The van der Waals surface area contributed by atoms with Crippen molar-refractivity contribution in [2.24, 2.45) is 5.11 Å². The second-order valence-corrected chi connectivity index (χ2v) is 3.36. The molecule has 0 radical (unpaired) electrons. The molecule has 0 saturated carbocycles. The minimum Gasteiger partial charge on any atom is -0.395 e. The molecule has 0 aromatic carbocycles. The van der Waals surface area contributed by atoms with E-state index in [1.54, 1.807) is 11.8 Å². The van der Waals surface area contributed by atoms with Gasteiger partial charge in [0.2, 0.25) is 0 Å². The van der Waals surface area contributed by atoms with E-state index in [0.717, 1.165) is 5.75 Å². The Morgan fingerprint density at radius 2 is 2.50 bits per heavy atom. The van der Waals surface area contributed by atoms with Crippen LogP contribution in [0.1, 0.15) is 6.92 Å². The first kappa shape index (κ1) is 9.62. The van der Waals surface area contributed by atoms with E-state index in [2.05, 4.69) is 10.0 Å². The first-order valence-electron chi connectivity index (χ1n) is 3.04. The van der Waals surface area contributed by atoms with Crippen molar-refractivity contribution in [3.63, 3.8) is 0 Å². The van der Waals surface area contributed by atoms with Gasteiger partial charge in [0.1, 0.15) is 0 Å². The molecule has 0 heterocycles. The molecular formula is C5H11N3OS. The molecule has 0 saturated heterocycles. The van der Waals surface area contributed by atoms with Crippen molar-refractivity contribution >= 4 is 11.8 Å². The largest absolute Gasteiger partial charge is 0.395 e. The highest BCUT2D eigenvalue weighted by atomic mass is 32.2. The zero-order valence-electron chi connectivity index (χ0n) is 5.90. The molecule has 4 nitrogen and oxygen atoms in total. The number of rotatable bonds is 5. The normalized spacial score (nSPS) is 12.2. The number of azide groups is 1. The van der Waals surface area contributed by atoms with Crippen molar-refractivity contribution < 1.29 is 5.11 Å². The van der Waals surface area contributed by atoms with Crippen LogP contribution in [0, 0.1) is 0 Å². The lowest BCUT2D eigenvalue weighted by molar-refractivity contribution is 0.300. The Balaban J connectivity index is 3.10. The molecule has 0 spiro atoms. The van der Waals surface area contributed by atoms with Crippen molar-refractivity contribution in [2.45, 2.75) is 12.2 Å². The van der Waals surface area contributed by atoms with E-state index in [0.29, 0.717) is 6.54 Å². The Labute approximate surface area is 64.3 Å². The van der Waals surface area contributed by atoms with E-state index < -0.39 is 0 Å². The average Bonchev–Trinajstić information content (AvgIpc) is 1.98. The third-order valence-corrected chi connectivity index (χ3v) is 2.05. The van der Waals surface area contributed by atoms with E-state index >= 15 is 0 Å². The van der Waals surface area contributed by atoms with Crippen LogP contribution in [-0.2, 0) is 0 Å². The number of aliphatic hydroxyl groups excluding tert-OH is 1. The highest BCUT2D eigenvalue weighted by molar-refractivity contribution is 7.99. The van der Waals surface area contributed by atoms with Gasteiger partial charge >= 0.3 is 0 Å². The summed E-state index contributed by atoms with van der Waals surface area (Å²) in [6.07, 6.45) is 0. The maximum absolute atomic E-state index is 8.57. The molecule has 0 aliphatic heterocycles. The van der Waals surface area contributed by atoms with Gasteiger partial charge in [-0.15, -0.1) is 0 Å². The van der Waals surface area contributed by atoms with Crippen molar-refractivity contribution in [3.8, 4) is 0 Å². The summed E-state index contributed by atoms with van der Waals surface area (Å²) in [7, 11) is 0. The topological polar surface area (TPSA) is 69.0 Å². The lowest BCUT2D eigenvalue weighted by Gasteiger charge is -2.03. The van der Waals surface area contributed by atoms with Gasteiger partial charge in [0.05, 0.1) is 6.61 Å². The fraction of sp³-hybridized carbons (Fsp3) is 1.00. The molecule has 1 N–H and O–H groups in total. The smallest absolute Gasteiger partial charge is 0.0547 e. The summed E-state index contributed by atoms with van der Waals surface area (Å²) >= 11 is 1.60. The van der Waals surface area contributed by atoms with Crippen LogP contribution in [0.2, 0.25) is 0 Å². The predicted octanol–water partition coefficient (Wildman–Crippen LogP) is 1.41. The van der Waals surface area contributed by atoms with Crippen LogP contribution in [0.5, 0.6) is 0 Å². The van der Waals surface area contributed by atoms with Gasteiger partial charge in [-0.1, -0.05) is 12.0 Å². The fourth-order valence-electron chi connectivity index (χ4n) is 0.392. The Bertz CT molecular complexity index is 124. The summed E-state index contributed by atoms with van der Waals surface area (Å²) in [5, 5.41) is 12.2. The van der Waals surface area contributed by atoms with E-state index in [9.17, 15) is 0 Å². The summed E-state index contributed by atoms with van der Waals surface area (Å²) in [5.41, 5.74) is 7.89. The summed E-state index contributed by atoms with van der Waals surface area (Å²) in [4.78, 5) is 2.61. The van der Waals surface area contributed by atoms with Gasteiger partial charge < -0.3 is 5.11 Å². The van der Waals surface area contributed by atoms with Gasteiger partial charge in [-0.05, 0) is 11.3 Å². The van der Waals surface area contributed by atoms with Crippen molar-refractivity contribution in [1.82, 2.24) is 0 Å². The van der Waals surface area contributed by atoms with Crippen LogP contribution in [0.3, 0.4) is 0 Å². The number of hydrogen-bond acceptors (Lipinski definition) is 3. The summed E-state index contributed by atoms with van der Waals surface area (Å²) in [6, 6.07) is 0. The molecule has 0 fully saturated rings. The fourth-order valence-corrected chi connectivity index (χ4v) is 1.09. The maximum Gasteiger partial charge on any atom is 0.0547 e. The molecule has 0 aromatic heterocycles. The molecule has 1 unspecified atom stereocenters. The SMILES string of the molecule is CC(CO)SCCN=[N+]=[N-]. The van der Waals surface area contributed by atoms with E-state index in [1.807, 2.05) is 6.92 Å². The highest BCUT2D eigenvalue weighted by Crippen LogP contribution is 2.08. The second kappa shape index (κ2) is 6.74. The van der Waals surface area contributed by atoms with Crippen molar-refractivity contribution in [3.05, 3.63) is 10.4 Å². The first-order chi connectivity index (χ1) is 4.81. The van der Waals surface area contributed by atoms with Gasteiger partial charge in [0.25, 0.3) is 0 Å². The summed E-state index contributed by atoms with van der Waals surface area (Å²) < 4.78 is 0. The van der Waals surface area contributed by atoms with Crippen LogP contribution in [0.4, 0.5) is 0 Å². The van der Waals surface area contributed by atoms with Crippen molar-refractivity contribution in [1.29, 1.82) is 0 Å². The van der Waals surface area contributed by atoms with Gasteiger partial charge in [-0.3, -0.25) is 0 Å². The standard InChI is InChI=1S/C5H11N3OS/c1-5(4-9)10-3-2-7-8-6/h5,9H,2-4H2,1H3. The van der Waals surface area contributed by atoms with Crippen LogP contribution in [0.25, 0.3) is 10.4 Å². The Hall–Kier alpha value is -0.380. The summed E-state index contributed by atoms with van der Waals surface area (Å²) in [5.74, 6) is 0.784.